The van der Waals surface area contributed by atoms with Crippen LogP contribution in [0.5, 0.6) is 5.88 Å². The van der Waals surface area contributed by atoms with Gasteiger partial charge in [-0.2, -0.15) is 13.5 Å². The van der Waals surface area contributed by atoms with Crippen molar-refractivity contribution in [2.24, 2.45) is 11.8 Å². The third-order valence-electron chi connectivity index (χ3n) is 7.17. The van der Waals surface area contributed by atoms with Crippen molar-refractivity contribution in [2.45, 2.75) is 63.0 Å². The van der Waals surface area contributed by atoms with E-state index in [-0.39, 0.29) is 31.1 Å². The first kappa shape index (κ1) is 26.2. The normalized spacial score (nSPS) is 22.7. The molecule has 0 spiro atoms. The number of carboxylic acids is 1. The number of pyridine rings is 2. The minimum absolute atomic E-state index is 0. The molecule has 2 N–H and O–H groups in total. The Morgan fingerprint density at radius 1 is 1.24 bits per heavy atom. The monoisotopic (exact) mass is 493 g/mol. The summed E-state index contributed by atoms with van der Waals surface area (Å²) in [5.41, 5.74) is -0.974. The molecule has 186 valence electrons. The van der Waals surface area contributed by atoms with Crippen molar-refractivity contribution in [2.75, 3.05) is 19.0 Å². The highest BCUT2D eigenvalue weighted by atomic mass is 32.1. The number of alkyl halides is 1. The summed E-state index contributed by atoms with van der Waals surface area (Å²) >= 11 is 0. The predicted octanol–water partition coefficient (Wildman–Crippen LogP) is 5.43. The smallest absolute Gasteiger partial charge is 0.341 e. The topological polar surface area (TPSA) is 84.3 Å². The van der Waals surface area contributed by atoms with Gasteiger partial charge in [-0.3, -0.25) is 0 Å². The molecular formula is C25H33F2N3O3S. The lowest BCUT2D eigenvalue weighted by Crippen LogP contribution is -2.38. The number of methoxy groups -OCH3 is 1. The van der Waals surface area contributed by atoms with Gasteiger partial charge in [0.2, 0.25) is 11.5 Å². The third-order valence-corrected chi connectivity index (χ3v) is 7.17. The molecule has 2 fully saturated rings. The lowest BCUT2D eigenvalue weighted by atomic mass is 9.78. The van der Waals surface area contributed by atoms with Gasteiger partial charge in [0.05, 0.1) is 13.3 Å². The van der Waals surface area contributed by atoms with Crippen molar-refractivity contribution in [1.82, 2.24) is 9.97 Å². The molecule has 2 aromatic heterocycles. The van der Waals surface area contributed by atoms with Gasteiger partial charge in [0.15, 0.2) is 0 Å². The Hall–Kier alpha value is -2.42. The molecule has 0 aliphatic heterocycles. The third kappa shape index (κ3) is 5.79. The maximum Gasteiger partial charge on any atom is 0.341 e. The first-order valence-electron chi connectivity index (χ1n) is 11.6. The van der Waals surface area contributed by atoms with Crippen LogP contribution in [-0.4, -0.2) is 40.4 Å². The number of nitrogens with one attached hydrogen (secondary N) is 1. The van der Waals surface area contributed by atoms with Gasteiger partial charge in [-0.25, -0.2) is 23.5 Å². The lowest BCUT2D eigenvalue weighted by molar-refractivity contribution is -0.151. The fourth-order valence-corrected chi connectivity index (χ4v) is 5.11. The molecule has 0 radical (unpaired) electrons. The predicted molar refractivity (Wildman–Crippen MR) is 131 cm³/mol. The number of carbonyl (C=O) groups is 1. The number of hydrogen-bond donors (Lipinski definition) is 2. The zero-order chi connectivity index (χ0) is 23.6. The highest BCUT2D eigenvalue weighted by Crippen LogP contribution is 2.50. The van der Waals surface area contributed by atoms with Gasteiger partial charge in [0, 0.05) is 24.7 Å². The number of ether oxygens (including phenoxy) is 1. The van der Waals surface area contributed by atoms with Crippen LogP contribution < -0.4 is 10.1 Å². The average Bonchev–Trinajstić information content (AvgIpc) is 3.63. The minimum atomic E-state index is -2.32. The van der Waals surface area contributed by atoms with E-state index in [4.69, 9.17) is 4.74 Å². The molecule has 9 heteroatoms. The van der Waals surface area contributed by atoms with Gasteiger partial charge in [-0.15, -0.1) is 0 Å². The molecule has 2 heterocycles. The number of hydrogen-bond acceptors (Lipinski definition) is 5. The number of rotatable bonds is 9. The van der Waals surface area contributed by atoms with Crippen LogP contribution >= 0.6 is 13.5 Å². The SMILES string of the molecule is COc1cc(C2CCC(CNc3cc([C@H](C4CC4)C(C)(F)C(=O)O)ccn3)CC2)c(F)cn1.S. The Morgan fingerprint density at radius 2 is 1.94 bits per heavy atom. The maximum atomic E-state index is 15.0. The molecule has 2 aliphatic carbocycles. The van der Waals surface area contributed by atoms with E-state index < -0.39 is 17.6 Å². The van der Waals surface area contributed by atoms with Gasteiger partial charge >= 0.3 is 5.97 Å². The summed E-state index contributed by atoms with van der Waals surface area (Å²) in [6.45, 7) is 1.87. The molecule has 2 atom stereocenters. The Bertz CT molecular complexity index is 995. The van der Waals surface area contributed by atoms with Crippen LogP contribution in [0.2, 0.25) is 0 Å². The number of aromatic nitrogens is 2. The molecule has 34 heavy (non-hydrogen) atoms. The number of halogens is 2. The molecule has 4 rings (SSSR count). The summed E-state index contributed by atoms with van der Waals surface area (Å²) in [6.07, 6.45) is 8.19. The van der Waals surface area contributed by atoms with Crippen LogP contribution in [0.3, 0.4) is 0 Å². The summed E-state index contributed by atoms with van der Waals surface area (Å²) in [5, 5.41) is 12.8. The second-order valence-electron chi connectivity index (χ2n) is 9.52. The molecule has 2 aromatic rings. The summed E-state index contributed by atoms with van der Waals surface area (Å²) in [6, 6.07) is 5.20. The quantitative estimate of drug-likeness (QED) is 0.485. The summed E-state index contributed by atoms with van der Waals surface area (Å²) in [5.74, 6) is -0.713. The fourth-order valence-electron chi connectivity index (χ4n) is 5.11. The lowest BCUT2D eigenvalue weighted by Gasteiger charge is -2.29. The summed E-state index contributed by atoms with van der Waals surface area (Å²) < 4.78 is 34.4. The largest absolute Gasteiger partial charge is 0.481 e. The Morgan fingerprint density at radius 3 is 2.56 bits per heavy atom. The van der Waals surface area contributed by atoms with Crippen LogP contribution in [0.25, 0.3) is 0 Å². The van der Waals surface area contributed by atoms with Crippen molar-refractivity contribution in [3.05, 3.63) is 47.5 Å². The van der Waals surface area contributed by atoms with E-state index >= 15 is 4.39 Å². The van der Waals surface area contributed by atoms with E-state index in [1.807, 2.05) is 0 Å². The second-order valence-corrected chi connectivity index (χ2v) is 9.52. The molecule has 0 aromatic carbocycles. The number of anilines is 1. The van der Waals surface area contributed by atoms with Crippen LogP contribution in [0.15, 0.2) is 30.6 Å². The number of nitrogens with zero attached hydrogens (tertiary/aromatic N) is 2. The van der Waals surface area contributed by atoms with Crippen LogP contribution in [-0.2, 0) is 4.79 Å². The summed E-state index contributed by atoms with van der Waals surface area (Å²) in [4.78, 5) is 19.8. The molecule has 1 unspecified atom stereocenters. The van der Waals surface area contributed by atoms with Crippen molar-refractivity contribution in [1.29, 1.82) is 0 Å². The van der Waals surface area contributed by atoms with E-state index in [9.17, 15) is 14.3 Å². The highest BCUT2D eigenvalue weighted by molar-refractivity contribution is 7.59. The molecule has 0 bridgehead atoms. The van der Waals surface area contributed by atoms with Crippen molar-refractivity contribution < 1.29 is 23.4 Å². The van der Waals surface area contributed by atoms with E-state index in [0.717, 1.165) is 45.4 Å². The molecule has 0 amide bonds. The Labute approximate surface area is 206 Å². The standard InChI is InChI=1S/C25H31F2N3O3.H2S/c1-25(27,24(31)32)23(17-7-8-17)18-9-10-28-21(11-18)29-13-15-3-5-16(6-4-15)19-12-22(33-2)30-14-20(19)26;/h9-12,14-17,23H,3-8,13H2,1-2H3,(H,28,29)(H,31,32);1H2/t15?,16?,23-,25?;/m0./s1. The average molecular weight is 494 g/mol. The molecule has 2 saturated carbocycles. The van der Waals surface area contributed by atoms with Gasteiger partial charge in [-0.05, 0) is 86.5 Å². The number of carboxylic acid groups (broad SMARTS) is 1. The minimum Gasteiger partial charge on any atom is -0.481 e. The molecule has 6 nitrogen and oxygen atoms in total. The zero-order valence-electron chi connectivity index (χ0n) is 19.6. The Balaban J connectivity index is 0.00000324. The first-order chi connectivity index (χ1) is 15.8. The maximum absolute atomic E-state index is 15.0. The van der Waals surface area contributed by atoms with E-state index in [1.54, 1.807) is 24.4 Å². The number of aliphatic carboxylic acids is 1. The van der Waals surface area contributed by atoms with E-state index in [2.05, 4.69) is 15.3 Å². The van der Waals surface area contributed by atoms with Gasteiger partial charge in [-0.1, -0.05) is 0 Å². The molecule has 0 saturated heterocycles. The highest BCUT2D eigenvalue weighted by Gasteiger charge is 2.50. The van der Waals surface area contributed by atoms with Gasteiger partial charge in [0.25, 0.3) is 0 Å². The zero-order valence-corrected chi connectivity index (χ0v) is 20.6. The van der Waals surface area contributed by atoms with E-state index in [1.165, 1.54) is 13.3 Å². The van der Waals surface area contributed by atoms with Crippen LogP contribution in [0, 0.1) is 17.7 Å². The Kier molecular flexibility index (Phi) is 8.38. The van der Waals surface area contributed by atoms with Gasteiger partial charge < -0.3 is 15.2 Å². The fraction of sp³-hybridized carbons (Fsp3) is 0.560. The van der Waals surface area contributed by atoms with Crippen molar-refractivity contribution >= 4 is 25.3 Å². The summed E-state index contributed by atoms with van der Waals surface area (Å²) in [7, 11) is 1.53. The molecular weight excluding hydrogens is 460 g/mol. The van der Waals surface area contributed by atoms with Crippen molar-refractivity contribution in [3.63, 3.8) is 0 Å². The van der Waals surface area contributed by atoms with E-state index in [0.29, 0.717) is 35.3 Å². The van der Waals surface area contributed by atoms with Crippen LogP contribution in [0.1, 0.15) is 68.4 Å². The van der Waals surface area contributed by atoms with Gasteiger partial charge in [0.1, 0.15) is 11.6 Å². The first-order valence-corrected chi connectivity index (χ1v) is 11.6. The second kappa shape index (κ2) is 10.9. The van der Waals surface area contributed by atoms with Crippen molar-refractivity contribution in [3.8, 4) is 5.88 Å². The van der Waals surface area contributed by atoms with Crippen LogP contribution in [0.4, 0.5) is 14.6 Å². The molecule has 2 aliphatic rings.